The Kier molecular flexibility index (Phi) is 1.65. The second-order valence-corrected chi connectivity index (χ2v) is 4.28. The highest BCUT2D eigenvalue weighted by Gasteiger charge is 2.15. The summed E-state index contributed by atoms with van der Waals surface area (Å²) >= 11 is 1.58. The second-order valence-electron chi connectivity index (χ2n) is 3.11. The van der Waals surface area contributed by atoms with Crippen LogP contribution in [0, 0.1) is 0 Å². The molecule has 14 heavy (non-hydrogen) atoms. The number of hydrogen-bond donors (Lipinski definition) is 1. The van der Waals surface area contributed by atoms with Crippen molar-refractivity contribution < 1.29 is 14.6 Å². The molecule has 0 unspecified atom stereocenters. The van der Waals surface area contributed by atoms with Crippen molar-refractivity contribution in [3.8, 4) is 11.5 Å². The van der Waals surface area contributed by atoms with Gasteiger partial charge in [-0.1, -0.05) is 0 Å². The topological polar surface area (TPSA) is 38.7 Å². The minimum absolute atomic E-state index is 0.0890. The van der Waals surface area contributed by atoms with Gasteiger partial charge < -0.3 is 14.6 Å². The molecule has 1 aliphatic rings. The summed E-state index contributed by atoms with van der Waals surface area (Å²) < 4.78 is 11.7. The standard InChI is InChI=1S/C10H8O3S/c11-4-7-1-6-2-8-9(13-5-12-8)3-10(6)14-7/h1-3,11H,4-5H2. The lowest BCUT2D eigenvalue weighted by atomic mass is 10.2. The Morgan fingerprint density at radius 3 is 2.79 bits per heavy atom. The number of aliphatic hydroxyl groups is 1. The maximum Gasteiger partial charge on any atom is 0.231 e. The van der Waals surface area contributed by atoms with Crippen LogP contribution in [0.3, 0.4) is 0 Å². The number of benzene rings is 1. The zero-order valence-electron chi connectivity index (χ0n) is 7.32. The predicted molar refractivity (Wildman–Crippen MR) is 53.9 cm³/mol. The van der Waals surface area contributed by atoms with Gasteiger partial charge in [0, 0.05) is 15.6 Å². The van der Waals surface area contributed by atoms with Gasteiger partial charge in [-0.25, -0.2) is 0 Å². The van der Waals surface area contributed by atoms with Crippen LogP contribution in [0.4, 0.5) is 0 Å². The summed E-state index contributed by atoms with van der Waals surface area (Å²) in [4.78, 5) is 0.962. The largest absolute Gasteiger partial charge is 0.454 e. The highest BCUT2D eigenvalue weighted by atomic mass is 32.1. The first-order valence-corrected chi connectivity index (χ1v) is 5.11. The summed E-state index contributed by atoms with van der Waals surface area (Å²) in [7, 11) is 0. The van der Waals surface area contributed by atoms with Gasteiger partial charge in [0.25, 0.3) is 0 Å². The highest BCUT2D eigenvalue weighted by molar-refractivity contribution is 7.19. The highest BCUT2D eigenvalue weighted by Crippen LogP contribution is 2.39. The number of thiophene rings is 1. The third-order valence-electron chi connectivity index (χ3n) is 2.22. The lowest BCUT2D eigenvalue weighted by molar-refractivity contribution is 0.174. The van der Waals surface area contributed by atoms with E-state index < -0.39 is 0 Å². The van der Waals surface area contributed by atoms with E-state index in [0.717, 1.165) is 26.5 Å². The number of aliphatic hydroxyl groups excluding tert-OH is 1. The molecule has 2 aromatic rings. The monoisotopic (exact) mass is 208 g/mol. The molecule has 3 nitrogen and oxygen atoms in total. The van der Waals surface area contributed by atoms with E-state index in [1.54, 1.807) is 11.3 Å². The number of hydrogen-bond acceptors (Lipinski definition) is 4. The molecule has 0 atom stereocenters. The van der Waals surface area contributed by atoms with Crippen LogP contribution in [0.25, 0.3) is 10.1 Å². The fraction of sp³-hybridized carbons (Fsp3) is 0.200. The van der Waals surface area contributed by atoms with Crippen molar-refractivity contribution in [2.45, 2.75) is 6.61 Å². The molecule has 0 fully saturated rings. The van der Waals surface area contributed by atoms with E-state index in [1.165, 1.54) is 0 Å². The Labute approximate surface area is 84.5 Å². The van der Waals surface area contributed by atoms with Crippen molar-refractivity contribution in [1.82, 2.24) is 0 Å². The van der Waals surface area contributed by atoms with Crippen LogP contribution in [0.15, 0.2) is 18.2 Å². The van der Waals surface area contributed by atoms with Gasteiger partial charge in [0.05, 0.1) is 6.61 Å². The lowest BCUT2D eigenvalue weighted by Crippen LogP contribution is -1.92. The Hall–Kier alpha value is -1.26. The van der Waals surface area contributed by atoms with E-state index in [9.17, 15) is 0 Å². The molecule has 1 N–H and O–H groups in total. The number of rotatable bonds is 1. The molecule has 0 aliphatic carbocycles. The van der Waals surface area contributed by atoms with Crippen LogP contribution in [0.1, 0.15) is 4.88 Å². The van der Waals surface area contributed by atoms with Crippen LogP contribution >= 0.6 is 11.3 Å². The van der Waals surface area contributed by atoms with Crippen LogP contribution in [-0.2, 0) is 6.61 Å². The lowest BCUT2D eigenvalue weighted by Gasteiger charge is -1.94. The van der Waals surface area contributed by atoms with Gasteiger partial charge in [-0.3, -0.25) is 0 Å². The van der Waals surface area contributed by atoms with E-state index in [1.807, 2.05) is 18.2 Å². The fourth-order valence-corrected chi connectivity index (χ4v) is 2.50. The molecule has 2 heterocycles. The molecule has 0 saturated carbocycles. The van der Waals surface area contributed by atoms with Gasteiger partial charge in [-0.2, -0.15) is 0 Å². The summed E-state index contributed by atoms with van der Waals surface area (Å²) in [5.74, 6) is 1.59. The summed E-state index contributed by atoms with van der Waals surface area (Å²) in [6.45, 7) is 0.394. The van der Waals surface area contributed by atoms with E-state index in [4.69, 9.17) is 14.6 Å². The first-order valence-electron chi connectivity index (χ1n) is 4.30. The molecule has 1 aromatic heterocycles. The van der Waals surface area contributed by atoms with Gasteiger partial charge in [0.2, 0.25) is 6.79 Å². The third kappa shape index (κ3) is 1.08. The Morgan fingerprint density at radius 2 is 2.00 bits per heavy atom. The van der Waals surface area contributed by atoms with Crippen LogP contribution in [-0.4, -0.2) is 11.9 Å². The first-order chi connectivity index (χ1) is 6.86. The normalized spacial score (nSPS) is 13.8. The zero-order chi connectivity index (χ0) is 9.54. The summed E-state index contributed by atoms with van der Waals surface area (Å²) in [6, 6.07) is 5.89. The number of ether oxygens (including phenoxy) is 2. The zero-order valence-corrected chi connectivity index (χ0v) is 8.13. The first kappa shape index (κ1) is 8.08. The van der Waals surface area contributed by atoms with Gasteiger partial charge in [-0.15, -0.1) is 11.3 Å². The Bertz CT molecular complexity index is 448. The molecule has 1 aliphatic heterocycles. The van der Waals surface area contributed by atoms with Crippen molar-refractivity contribution in [2.75, 3.05) is 6.79 Å². The maximum atomic E-state index is 9.00. The molecule has 3 rings (SSSR count). The van der Waals surface area contributed by atoms with Crippen LogP contribution in [0.5, 0.6) is 11.5 Å². The molecule has 0 amide bonds. The Morgan fingerprint density at radius 1 is 1.21 bits per heavy atom. The fourth-order valence-electron chi connectivity index (χ4n) is 1.56. The molecule has 0 bridgehead atoms. The summed E-state index contributed by atoms with van der Waals surface area (Å²) in [5.41, 5.74) is 0. The predicted octanol–water partition coefficient (Wildman–Crippen LogP) is 2.12. The maximum absolute atomic E-state index is 9.00. The molecule has 72 valence electrons. The van der Waals surface area contributed by atoms with Crippen molar-refractivity contribution in [3.63, 3.8) is 0 Å². The smallest absolute Gasteiger partial charge is 0.231 e. The Balaban J connectivity index is 2.25. The van der Waals surface area contributed by atoms with Crippen molar-refractivity contribution in [1.29, 1.82) is 0 Å². The van der Waals surface area contributed by atoms with E-state index in [-0.39, 0.29) is 6.61 Å². The molecule has 0 spiro atoms. The van der Waals surface area contributed by atoms with E-state index >= 15 is 0 Å². The summed E-state index contributed by atoms with van der Waals surface area (Å²) in [6.07, 6.45) is 0. The molecule has 0 saturated heterocycles. The second kappa shape index (κ2) is 2.87. The van der Waals surface area contributed by atoms with E-state index in [2.05, 4.69) is 0 Å². The van der Waals surface area contributed by atoms with Crippen LogP contribution < -0.4 is 9.47 Å². The number of fused-ring (bicyclic) bond motifs is 2. The molecular formula is C10H8O3S. The molecule has 4 heteroatoms. The minimum Gasteiger partial charge on any atom is -0.454 e. The van der Waals surface area contributed by atoms with Crippen LogP contribution in [0.2, 0.25) is 0 Å². The van der Waals surface area contributed by atoms with Gasteiger partial charge in [0.1, 0.15) is 0 Å². The summed E-state index contributed by atoms with van der Waals surface area (Å²) in [5, 5.41) is 10.1. The average Bonchev–Trinajstić information content (AvgIpc) is 2.77. The van der Waals surface area contributed by atoms with Crippen molar-refractivity contribution in [2.24, 2.45) is 0 Å². The molecule has 0 radical (unpaired) electrons. The average molecular weight is 208 g/mol. The van der Waals surface area contributed by atoms with E-state index in [0.29, 0.717) is 6.79 Å². The third-order valence-corrected chi connectivity index (χ3v) is 3.30. The molecular weight excluding hydrogens is 200 g/mol. The molecule has 1 aromatic carbocycles. The SMILES string of the molecule is OCc1cc2cc3c(cc2s1)OCO3. The van der Waals surface area contributed by atoms with Gasteiger partial charge in [-0.05, 0) is 17.5 Å². The van der Waals surface area contributed by atoms with Gasteiger partial charge in [0.15, 0.2) is 11.5 Å². The quantitative estimate of drug-likeness (QED) is 0.780. The minimum atomic E-state index is 0.0890. The van der Waals surface area contributed by atoms with Crippen molar-refractivity contribution in [3.05, 3.63) is 23.1 Å². The van der Waals surface area contributed by atoms with Crippen molar-refractivity contribution >= 4 is 21.4 Å². The van der Waals surface area contributed by atoms with Gasteiger partial charge >= 0.3 is 0 Å².